The zero-order chi connectivity index (χ0) is 18.2. The van der Waals surface area contributed by atoms with Crippen molar-refractivity contribution in [2.24, 2.45) is 0 Å². The van der Waals surface area contributed by atoms with E-state index < -0.39 is 0 Å². The third-order valence-corrected chi connectivity index (χ3v) is 4.81. The van der Waals surface area contributed by atoms with Gasteiger partial charge in [-0.1, -0.05) is 30.3 Å². The van der Waals surface area contributed by atoms with E-state index in [1.165, 1.54) is 5.69 Å². The first kappa shape index (κ1) is 18.3. The summed E-state index contributed by atoms with van der Waals surface area (Å²) in [5.41, 5.74) is 8.69. The standard InChI is InChI=1S/C21H28N4O/c22-19-9-7-18(8-10-19)17-21(26)23-11-4-12-24-13-15-25(16-14-24)20-5-2-1-3-6-20/h1-3,5-10H,4,11-17,22H2,(H,23,26). The van der Waals surface area contributed by atoms with Crippen molar-refractivity contribution in [2.45, 2.75) is 12.8 Å². The molecule has 0 radical (unpaired) electrons. The van der Waals surface area contributed by atoms with E-state index in [0.29, 0.717) is 6.42 Å². The highest BCUT2D eigenvalue weighted by Crippen LogP contribution is 2.15. The number of benzene rings is 2. The van der Waals surface area contributed by atoms with E-state index in [4.69, 9.17) is 5.73 Å². The highest BCUT2D eigenvalue weighted by molar-refractivity contribution is 5.78. The second-order valence-corrected chi connectivity index (χ2v) is 6.79. The minimum atomic E-state index is 0.0728. The summed E-state index contributed by atoms with van der Waals surface area (Å²) >= 11 is 0. The maximum absolute atomic E-state index is 12.0. The molecule has 3 rings (SSSR count). The van der Waals surface area contributed by atoms with Gasteiger partial charge in [0.2, 0.25) is 5.91 Å². The third-order valence-electron chi connectivity index (χ3n) is 4.81. The molecule has 0 spiro atoms. The number of nitrogens with one attached hydrogen (secondary N) is 1. The summed E-state index contributed by atoms with van der Waals surface area (Å²) < 4.78 is 0. The number of para-hydroxylation sites is 1. The number of anilines is 2. The van der Waals surface area contributed by atoms with Crippen LogP contribution in [-0.2, 0) is 11.2 Å². The second-order valence-electron chi connectivity index (χ2n) is 6.79. The van der Waals surface area contributed by atoms with Gasteiger partial charge in [0.25, 0.3) is 0 Å². The molecule has 2 aromatic rings. The van der Waals surface area contributed by atoms with Crippen LogP contribution >= 0.6 is 0 Å². The van der Waals surface area contributed by atoms with E-state index in [-0.39, 0.29) is 5.91 Å². The molecule has 1 heterocycles. The number of amides is 1. The summed E-state index contributed by atoms with van der Waals surface area (Å²) in [6.45, 7) is 6.04. The number of nitrogens with two attached hydrogens (primary N) is 1. The van der Waals surface area contributed by atoms with Crippen LogP contribution in [0, 0.1) is 0 Å². The number of hydrogen-bond donors (Lipinski definition) is 2. The van der Waals surface area contributed by atoms with Crippen molar-refractivity contribution in [1.29, 1.82) is 0 Å². The SMILES string of the molecule is Nc1ccc(CC(=O)NCCCN2CCN(c3ccccc3)CC2)cc1. The molecule has 3 N–H and O–H groups in total. The molecule has 1 aliphatic rings. The first-order valence-electron chi connectivity index (χ1n) is 9.34. The monoisotopic (exact) mass is 352 g/mol. The predicted molar refractivity (Wildman–Crippen MR) is 107 cm³/mol. The number of carbonyl (C=O) groups excluding carboxylic acids is 1. The van der Waals surface area contributed by atoms with Gasteiger partial charge in [-0.05, 0) is 42.8 Å². The van der Waals surface area contributed by atoms with Crippen LogP contribution in [0.5, 0.6) is 0 Å². The van der Waals surface area contributed by atoms with Gasteiger partial charge in [0, 0.05) is 44.1 Å². The molecule has 0 aromatic heterocycles. The highest BCUT2D eigenvalue weighted by Gasteiger charge is 2.16. The molecule has 26 heavy (non-hydrogen) atoms. The average molecular weight is 352 g/mol. The van der Waals surface area contributed by atoms with Crippen molar-refractivity contribution in [3.05, 3.63) is 60.2 Å². The number of carbonyl (C=O) groups is 1. The molecule has 1 saturated heterocycles. The van der Waals surface area contributed by atoms with Crippen molar-refractivity contribution in [3.8, 4) is 0 Å². The molecule has 1 amide bonds. The van der Waals surface area contributed by atoms with E-state index in [1.807, 2.05) is 24.3 Å². The maximum Gasteiger partial charge on any atom is 0.224 e. The van der Waals surface area contributed by atoms with Crippen LogP contribution in [0.25, 0.3) is 0 Å². The normalized spacial score (nSPS) is 15.0. The molecule has 0 saturated carbocycles. The van der Waals surface area contributed by atoms with E-state index in [0.717, 1.165) is 56.9 Å². The van der Waals surface area contributed by atoms with Crippen molar-refractivity contribution >= 4 is 17.3 Å². The van der Waals surface area contributed by atoms with E-state index in [1.54, 1.807) is 0 Å². The van der Waals surface area contributed by atoms with Crippen LogP contribution in [-0.4, -0.2) is 50.1 Å². The average Bonchev–Trinajstić information content (AvgIpc) is 2.68. The van der Waals surface area contributed by atoms with Crippen LogP contribution in [0.1, 0.15) is 12.0 Å². The van der Waals surface area contributed by atoms with Gasteiger partial charge in [0.15, 0.2) is 0 Å². The summed E-state index contributed by atoms with van der Waals surface area (Å²) in [4.78, 5) is 16.9. The van der Waals surface area contributed by atoms with Crippen LogP contribution in [0.2, 0.25) is 0 Å². The minimum absolute atomic E-state index is 0.0728. The Morgan fingerprint density at radius 1 is 0.962 bits per heavy atom. The van der Waals surface area contributed by atoms with Gasteiger partial charge in [-0.25, -0.2) is 0 Å². The van der Waals surface area contributed by atoms with Gasteiger partial charge in [-0.2, -0.15) is 0 Å². The van der Waals surface area contributed by atoms with Gasteiger partial charge < -0.3 is 16.0 Å². The van der Waals surface area contributed by atoms with Crippen LogP contribution < -0.4 is 16.0 Å². The molecule has 5 heteroatoms. The smallest absolute Gasteiger partial charge is 0.224 e. The van der Waals surface area contributed by atoms with Crippen LogP contribution in [0.15, 0.2) is 54.6 Å². The number of nitrogens with zero attached hydrogens (tertiary/aromatic N) is 2. The summed E-state index contributed by atoms with van der Waals surface area (Å²) in [6.07, 6.45) is 1.40. The maximum atomic E-state index is 12.0. The summed E-state index contributed by atoms with van der Waals surface area (Å²) in [7, 11) is 0. The van der Waals surface area contributed by atoms with Crippen LogP contribution in [0.3, 0.4) is 0 Å². The molecule has 1 fully saturated rings. The Morgan fingerprint density at radius 3 is 2.35 bits per heavy atom. The Balaban J connectivity index is 1.30. The number of piperazine rings is 1. The molecule has 0 bridgehead atoms. The molecule has 0 atom stereocenters. The number of rotatable bonds is 7. The van der Waals surface area contributed by atoms with Gasteiger partial charge in [0.1, 0.15) is 0 Å². The molecule has 1 aliphatic heterocycles. The lowest BCUT2D eigenvalue weighted by Crippen LogP contribution is -2.47. The summed E-state index contributed by atoms with van der Waals surface area (Å²) in [5, 5.41) is 3.01. The molecule has 0 aliphatic carbocycles. The van der Waals surface area contributed by atoms with Gasteiger partial charge >= 0.3 is 0 Å². The minimum Gasteiger partial charge on any atom is -0.399 e. The molecule has 2 aromatic carbocycles. The second kappa shape index (κ2) is 9.25. The first-order chi connectivity index (χ1) is 12.7. The Morgan fingerprint density at radius 2 is 1.65 bits per heavy atom. The molecule has 5 nitrogen and oxygen atoms in total. The van der Waals surface area contributed by atoms with E-state index in [2.05, 4.69) is 45.4 Å². The number of nitrogen functional groups attached to an aromatic ring is 1. The third kappa shape index (κ3) is 5.49. The summed E-state index contributed by atoms with van der Waals surface area (Å²) in [6, 6.07) is 18.1. The lowest BCUT2D eigenvalue weighted by molar-refractivity contribution is -0.120. The lowest BCUT2D eigenvalue weighted by atomic mass is 10.1. The fourth-order valence-electron chi connectivity index (χ4n) is 3.28. The zero-order valence-corrected chi connectivity index (χ0v) is 15.2. The van der Waals surface area contributed by atoms with E-state index >= 15 is 0 Å². The Labute approximate surface area is 155 Å². The van der Waals surface area contributed by atoms with Crippen molar-refractivity contribution in [1.82, 2.24) is 10.2 Å². The highest BCUT2D eigenvalue weighted by atomic mass is 16.1. The fraction of sp³-hybridized carbons (Fsp3) is 0.381. The Kier molecular flexibility index (Phi) is 6.50. The summed E-state index contributed by atoms with van der Waals surface area (Å²) in [5.74, 6) is 0.0728. The largest absolute Gasteiger partial charge is 0.399 e. The molecule has 0 unspecified atom stereocenters. The number of hydrogen-bond acceptors (Lipinski definition) is 4. The van der Waals surface area contributed by atoms with Gasteiger partial charge in [-0.3, -0.25) is 9.69 Å². The van der Waals surface area contributed by atoms with Crippen molar-refractivity contribution in [2.75, 3.05) is 49.9 Å². The Hall–Kier alpha value is -2.53. The lowest BCUT2D eigenvalue weighted by Gasteiger charge is -2.36. The Bertz CT molecular complexity index is 679. The van der Waals surface area contributed by atoms with E-state index in [9.17, 15) is 4.79 Å². The van der Waals surface area contributed by atoms with Crippen molar-refractivity contribution in [3.63, 3.8) is 0 Å². The fourth-order valence-corrected chi connectivity index (χ4v) is 3.28. The predicted octanol–water partition coefficient (Wildman–Crippen LogP) is 2.14. The quantitative estimate of drug-likeness (QED) is 0.592. The first-order valence-corrected chi connectivity index (χ1v) is 9.34. The molecular weight excluding hydrogens is 324 g/mol. The topological polar surface area (TPSA) is 61.6 Å². The molecule has 138 valence electrons. The zero-order valence-electron chi connectivity index (χ0n) is 15.2. The molecular formula is C21H28N4O. The van der Waals surface area contributed by atoms with Crippen LogP contribution in [0.4, 0.5) is 11.4 Å². The van der Waals surface area contributed by atoms with Gasteiger partial charge in [0.05, 0.1) is 6.42 Å². The van der Waals surface area contributed by atoms with Crippen molar-refractivity contribution < 1.29 is 4.79 Å². The van der Waals surface area contributed by atoms with Gasteiger partial charge in [-0.15, -0.1) is 0 Å².